The van der Waals surface area contributed by atoms with Gasteiger partial charge < -0.3 is 4.90 Å². The van der Waals surface area contributed by atoms with Gasteiger partial charge >= 0.3 is 0 Å². The molecule has 0 fully saturated rings. The van der Waals surface area contributed by atoms with Crippen LogP contribution in [0, 0.1) is 0 Å². The monoisotopic (exact) mass is 168 g/mol. The molecule has 0 N–H and O–H groups in total. The zero-order valence-corrected chi connectivity index (χ0v) is 7.77. The smallest absolute Gasteiger partial charge is 0.137 e. The standard InChI is InChI=1S/C8H16N4/c1-3-4-11(2)5-6-12-8-9-7-10-12/h7-8H,3-6H2,1-2H3. The molecule has 1 rings (SSSR count). The maximum Gasteiger partial charge on any atom is 0.137 e. The summed E-state index contributed by atoms with van der Waals surface area (Å²) in [7, 11) is 2.13. The third-order valence-electron chi connectivity index (χ3n) is 1.78. The fourth-order valence-electron chi connectivity index (χ4n) is 1.11. The second-order valence-corrected chi connectivity index (χ2v) is 2.96. The van der Waals surface area contributed by atoms with Crippen molar-refractivity contribution in [2.24, 2.45) is 0 Å². The van der Waals surface area contributed by atoms with Crippen molar-refractivity contribution >= 4 is 0 Å². The zero-order valence-electron chi connectivity index (χ0n) is 7.77. The Morgan fingerprint density at radius 2 is 2.25 bits per heavy atom. The van der Waals surface area contributed by atoms with Gasteiger partial charge in [0.25, 0.3) is 0 Å². The first-order chi connectivity index (χ1) is 5.83. The Labute approximate surface area is 73.2 Å². The van der Waals surface area contributed by atoms with E-state index in [1.807, 2.05) is 4.68 Å². The lowest BCUT2D eigenvalue weighted by Gasteiger charge is -2.14. The lowest BCUT2D eigenvalue weighted by Crippen LogP contribution is -2.24. The molecule has 0 radical (unpaired) electrons. The average molecular weight is 168 g/mol. The molecule has 68 valence electrons. The van der Waals surface area contributed by atoms with Gasteiger partial charge in [0, 0.05) is 6.54 Å². The molecule has 12 heavy (non-hydrogen) atoms. The third kappa shape index (κ3) is 3.00. The molecule has 1 aromatic heterocycles. The van der Waals surface area contributed by atoms with Crippen molar-refractivity contribution in [2.45, 2.75) is 19.9 Å². The SMILES string of the molecule is CCCN(C)CCn1cncn1. The molecular weight excluding hydrogens is 152 g/mol. The molecule has 0 saturated carbocycles. The van der Waals surface area contributed by atoms with E-state index in [4.69, 9.17) is 0 Å². The lowest BCUT2D eigenvalue weighted by molar-refractivity contribution is 0.313. The average Bonchev–Trinajstić information content (AvgIpc) is 2.53. The van der Waals surface area contributed by atoms with Crippen molar-refractivity contribution in [1.82, 2.24) is 19.7 Å². The summed E-state index contributed by atoms with van der Waals surface area (Å²) in [6, 6.07) is 0. The van der Waals surface area contributed by atoms with Crippen LogP contribution in [0.3, 0.4) is 0 Å². The summed E-state index contributed by atoms with van der Waals surface area (Å²) < 4.78 is 1.85. The third-order valence-corrected chi connectivity index (χ3v) is 1.78. The van der Waals surface area contributed by atoms with Gasteiger partial charge in [-0.3, -0.25) is 4.68 Å². The number of hydrogen-bond acceptors (Lipinski definition) is 3. The number of nitrogens with zero attached hydrogens (tertiary/aromatic N) is 4. The quantitative estimate of drug-likeness (QED) is 0.646. The van der Waals surface area contributed by atoms with Crippen LogP contribution in [0.1, 0.15) is 13.3 Å². The van der Waals surface area contributed by atoms with Crippen LogP contribution in [0.5, 0.6) is 0 Å². The first kappa shape index (κ1) is 9.19. The van der Waals surface area contributed by atoms with E-state index in [2.05, 4.69) is 29.0 Å². The molecule has 4 heteroatoms. The second-order valence-electron chi connectivity index (χ2n) is 2.96. The molecule has 0 aliphatic rings. The van der Waals surface area contributed by atoms with Crippen molar-refractivity contribution in [3.8, 4) is 0 Å². The largest absolute Gasteiger partial charge is 0.305 e. The van der Waals surface area contributed by atoms with Crippen molar-refractivity contribution in [2.75, 3.05) is 20.1 Å². The van der Waals surface area contributed by atoms with Gasteiger partial charge in [0.1, 0.15) is 12.7 Å². The van der Waals surface area contributed by atoms with Crippen LogP contribution in [0.15, 0.2) is 12.7 Å². The van der Waals surface area contributed by atoms with E-state index < -0.39 is 0 Å². The van der Waals surface area contributed by atoms with Crippen LogP contribution in [0.4, 0.5) is 0 Å². The molecule has 0 aliphatic carbocycles. The number of rotatable bonds is 5. The topological polar surface area (TPSA) is 34.0 Å². The normalized spacial score (nSPS) is 10.9. The predicted octanol–water partition coefficient (Wildman–Crippen LogP) is 0.620. The van der Waals surface area contributed by atoms with Crippen LogP contribution >= 0.6 is 0 Å². The first-order valence-electron chi connectivity index (χ1n) is 4.34. The highest BCUT2D eigenvalue weighted by molar-refractivity contribution is 4.57. The van der Waals surface area contributed by atoms with Crippen molar-refractivity contribution in [3.63, 3.8) is 0 Å². The minimum Gasteiger partial charge on any atom is -0.305 e. The number of likely N-dealkylation sites (N-methyl/N-ethyl adjacent to an activating group) is 1. The highest BCUT2D eigenvalue weighted by atomic mass is 15.3. The highest BCUT2D eigenvalue weighted by Gasteiger charge is 1.96. The molecular formula is C8H16N4. The molecule has 0 saturated heterocycles. The summed E-state index contributed by atoms with van der Waals surface area (Å²) in [6.07, 6.45) is 4.52. The van der Waals surface area contributed by atoms with Gasteiger partial charge in [-0.25, -0.2) is 4.98 Å². The lowest BCUT2D eigenvalue weighted by atomic mass is 10.4. The molecule has 0 spiro atoms. The van der Waals surface area contributed by atoms with Crippen molar-refractivity contribution < 1.29 is 0 Å². The Bertz CT molecular complexity index is 195. The summed E-state index contributed by atoms with van der Waals surface area (Å²) in [6.45, 7) is 5.30. The van der Waals surface area contributed by atoms with E-state index in [1.54, 1.807) is 12.7 Å². The first-order valence-corrected chi connectivity index (χ1v) is 4.34. The fourth-order valence-corrected chi connectivity index (χ4v) is 1.11. The van der Waals surface area contributed by atoms with Gasteiger partial charge in [0.15, 0.2) is 0 Å². The summed E-state index contributed by atoms with van der Waals surface area (Å²) in [5.74, 6) is 0. The summed E-state index contributed by atoms with van der Waals surface area (Å²) in [4.78, 5) is 6.17. The van der Waals surface area contributed by atoms with Crippen molar-refractivity contribution in [3.05, 3.63) is 12.7 Å². The van der Waals surface area contributed by atoms with Gasteiger partial charge in [0.05, 0.1) is 6.54 Å². The Kier molecular flexibility index (Phi) is 3.73. The van der Waals surface area contributed by atoms with E-state index in [0.29, 0.717) is 0 Å². The predicted molar refractivity (Wildman–Crippen MR) is 47.8 cm³/mol. The van der Waals surface area contributed by atoms with Crippen LogP contribution in [0.2, 0.25) is 0 Å². The maximum atomic E-state index is 4.03. The number of aromatic nitrogens is 3. The summed E-state index contributed by atoms with van der Waals surface area (Å²) >= 11 is 0. The van der Waals surface area contributed by atoms with E-state index >= 15 is 0 Å². The second kappa shape index (κ2) is 4.87. The molecule has 0 unspecified atom stereocenters. The van der Waals surface area contributed by atoms with Gasteiger partial charge in [-0.05, 0) is 20.0 Å². The molecule has 1 heterocycles. The van der Waals surface area contributed by atoms with Gasteiger partial charge in [-0.1, -0.05) is 6.92 Å². The molecule has 0 atom stereocenters. The Hall–Kier alpha value is -0.900. The molecule has 0 amide bonds. The Morgan fingerprint density at radius 3 is 2.83 bits per heavy atom. The van der Waals surface area contributed by atoms with E-state index in [-0.39, 0.29) is 0 Å². The molecule has 0 aromatic carbocycles. The van der Waals surface area contributed by atoms with Crippen molar-refractivity contribution in [1.29, 1.82) is 0 Å². The van der Waals surface area contributed by atoms with E-state index in [1.165, 1.54) is 6.42 Å². The van der Waals surface area contributed by atoms with Crippen LogP contribution < -0.4 is 0 Å². The molecule has 4 nitrogen and oxygen atoms in total. The van der Waals surface area contributed by atoms with Crippen LogP contribution in [-0.2, 0) is 6.54 Å². The Morgan fingerprint density at radius 1 is 1.42 bits per heavy atom. The van der Waals surface area contributed by atoms with E-state index in [0.717, 1.165) is 19.6 Å². The van der Waals surface area contributed by atoms with E-state index in [9.17, 15) is 0 Å². The molecule has 1 aromatic rings. The minimum atomic E-state index is 0.927. The molecule has 0 aliphatic heterocycles. The fraction of sp³-hybridized carbons (Fsp3) is 0.750. The van der Waals surface area contributed by atoms with Crippen LogP contribution in [0.25, 0.3) is 0 Å². The maximum absolute atomic E-state index is 4.03. The molecule has 0 bridgehead atoms. The highest BCUT2D eigenvalue weighted by Crippen LogP contribution is 1.88. The zero-order chi connectivity index (χ0) is 8.81. The Balaban J connectivity index is 2.17. The summed E-state index contributed by atoms with van der Waals surface area (Å²) in [5.41, 5.74) is 0. The minimum absolute atomic E-state index is 0.927. The van der Waals surface area contributed by atoms with Gasteiger partial charge in [-0.15, -0.1) is 0 Å². The van der Waals surface area contributed by atoms with Crippen LogP contribution in [-0.4, -0.2) is 39.8 Å². The van der Waals surface area contributed by atoms with Gasteiger partial charge in [-0.2, -0.15) is 5.10 Å². The van der Waals surface area contributed by atoms with Gasteiger partial charge in [0.2, 0.25) is 0 Å². The number of hydrogen-bond donors (Lipinski definition) is 0. The summed E-state index contributed by atoms with van der Waals surface area (Å²) in [5, 5.41) is 4.03.